The number of anilines is 1. The third-order valence-corrected chi connectivity index (χ3v) is 4.50. The van der Waals surface area contributed by atoms with Crippen LogP contribution in [0.15, 0.2) is 54.6 Å². The molecule has 0 atom stereocenters. The highest BCUT2D eigenvalue weighted by molar-refractivity contribution is 5.76. The Morgan fingerprint density at radius 3 is 2.22 bits per heavy atom. The van der Waals surface area contributed by atoms with E-state index in [1.54, 1.807) is 0 Å². The summed E-state index contributed by atoms with van der Waals surface area (Å²) < 4.78 is 0. The van der Waals surface area contributed by atoms with Crippen LogP contribution in [0, 0.1) is 6.92 Å². The average molecular weight is 308 g/mol. The number of hydrogen-bond donors (Lipinski definition) is 0. The molecule has 3 rings (SSSR count). The first-order chi connectivity index (χ1) is 11.2. The molecule has 2 aromatic carbocycles. The number of benzene rings is 2. The Morgan fingerprint density at radius 2 is 1.57 bits per heavy atom. The number of carbonyl (C=O) groups excluding carboxylic acids is 1. The minimum absolute atomic E-state index is 0.275. The minimum atomic E-state index is 0.275. The summed E-state index contributed by atoms with van der Waals surface area (Å²) in [7, 11) is 0. The summed E-state index contributed by atoms with van der Waals surface area (Å²) in [6.07, 6.45) is 1.44. The summed E-state index contributed by atoms with van der Waals surface area (Å²) in [5.74, 6) is 0.275. The molecule has 2 aromatic rings. The van der Waals surface area contributed by atoms with E-state index in [2.05, 4.69) is 48.2 Å². The summed E-state index contributed by atoms with van der Waals surface area (Å²) >= 11 is 0. The van der Waals surface area contributed by atoms with Gasteiger partial charge >= 0.3 is 0 Å². The Morgan fingerprint density at radius 1 is 0.913 bits per heavy atom. The van der Waals surface area contributed by atoms with Gasteiger partial charge in [0, 0.05) is 38.3 Å². The quantitative estimate of drug-likeness (QED) is 0.865. The highest BCUT2D eigenvalue weighted by Crippen LogP contribution is 2.17. The molecule has 3 nitrogen and oxygen atoms in total. The number of piperazine rings is 1. The molecule has 0 saturated carbocycles. The second kappa shape index (κ2) is 7.32. The largest absolute Gasteiger partial charge is 0.368 e. The summed E-state index contributed by atoms with van der Waals surface area (Å²) in [5.41, 5.74) is 3.77. The summed E-state index contributed by atoms with van der Waals surface area (Å²) in [4.78, 5) is 16.7. The van der Waals surface area contributed by atoms with Crippen LogP contribution in [0.1, 0.15) is 17.5 Å². The summed E-state index contributed by atoms with van der Waals surface area (Å²) in [5, 5.41) is 0. The Hall–Kier alpha value is -2.29. The van der Waals surface area contributed by atoms with Crippen molar-refractivity contribution in [1.82, 2.24) is 4.90 Å². The van der Waals surface area contributed by atoms with Crippen LogP contribution in [0.4, 0.5) is 5.69 Å². The molecule has 0 aromatic heterocycles. The highest BCUT2D eigenvalue weighted by Gasteiger charge is 2.20. The third-order valence-electron chi connectivity index (χ3n) is 4.50. The number of hydrogen-bond acceptors (Lipinski definition) is 2. The number of nitrogens with zero attached hydrogens (tertiary/aromatic N) is 2. The normalized spacial score (nSPS) is 14.8. The molecule has 0 unspecified atom stereocenters. The van der Waals surface area contributed by atoms with Crippen LogP contribution < -0.4 is 4.90 Å². The van der Waals surface area contributed by atoms with Gasteiger partial charge in [0.15, 0.2) is 0 Å². The maximum Gasteiger partial charge on any atom is 0.223 e. The van der Waals surface area contributed by atoms with E-state index in [1.807, 2.05) is 23.1 Å². The van der Waals surface area contributed by atoms with Crippen molar-refractivity contribution in [1.29, 1.82) is 0 Å². The lowest BCUT2D eigenvalue weighted by Crippen LogP contribution is -2.48. The molecule has 1 heterocycles. The zero-order valence-corrected chi connectivity index (χ0v) is 13.7. The Balaban J connectivity index is 1.48. The van der Waals surface area contributed by atoms with Gasteiger partial charge in [-0.25, -0.2) is 0 Å². The molecule has 1 fully saturated rings. The topological polar surface area (TPSA) is 23.6 Å². The van der Waals surface area contributed by atoms with Crippen LogP contribution in [0.25, 0.3) is 0 Å². The Bertz CT molecular complexity index is 628. The van der Waals surface area contributed by atoms with Crippen molar-refractivity contribution >= 4 is 11.6 Å². The zero-order valence-electron chi connectivity index (χ0n) is 13.7. The van der Waals surface area contributed by atoms with E-state index >= 15 is 0 Å². The third kappa shape index (κ3) is 4.13. The smallest absolute Gasteiger partial charge is 0.223 e. The lowest BCUT2D eigenvalue weighted by atomic mass is 10.1. The van der Waals surface area contributed by atoms with Gasteiger partial charge in [0.05, 0.1) is 0 Å². The number of amides is 1. The standard InChI is InChI=1S/C20H24N2O/c1-17-7-10-19(11-8-17)21-13-15-22(16-14-21)20(23)12-9-18-5-3-2-4-6-18/h2-8,10-11H,9,12-16H2,1H3. The van der Waals surface area contributed by atoms with Crippen molar-refractivity contribution in [2.45, 2.75) is 19.8 Å². The number of aryl methyl sites for hydroxylation is 2. The van der Waals surface area contributed by atoms with Crippen molar-refractivity contribution in [2.24, 2.45) is 0 Å². The van der Waals surface area contributed by atoms with Crippen LogP contribution in [0.2, 0.25) is 0 Å². The number of carbonyl (C=O) groups is 1. The fourth-order valence-electron chi connectivity index (χ4n) is 3.02. The summed E-state index contributed by atoms with van der Waals surface area (Å²) in [6, 6.07) is 18.9. The van der Waals surface area contributed by atoms with Crippen LogP contribution in [0.3, 0.4) is 0 Å². The Labute approximate surface area is 138 Å². The molecule has 0 radical (unpaired) electrons. The molecule has 23 heavy (non-hydrogen) atoms. The molecule has 1 aliphatic rings. The molecule has 1 saturated heterocycles. The fourth-order valence-corrected chi connectivity index (χ4v) is 3.02. The van der Waals surface area contributed by atoms with Gasteiger partial charge in [-0.05, 0) is 31.0 Å². The maximum absolute atomic E-state index is 12.4. The molecule has 0 N–H and O–H groups in total. The van der Waals surface area contributed by atoms with E-state index in [9.17, 15) is 4.79 Å². The van der Waals surface area contributed by atoms with Crippen molar-refractivity contribution < 1.29 is 4.79 Å². The molecule has 1 aliphatic heterocycles. The maximum atomic E-state index is 12.4. The lowest BCUT2D eigenvalue weighted by Gasteiger charge is -2.36. The predicted molar refractivity (Wildman–Crippen MR) is 94.7 cm³/mol. The van der Waals surface area contributed by atoms with Crippen LogP contribution in [-0.2, 0) is 11.2 Å². The molecule has 0 bridgehead atoms. The first-order valence-corrected chi connectivity index (χ1v) is 8.36. The molecule has 3 heteroatoms. The van der Waals surface area contributed by atoms with Gasteiger partial charge in [0.2, 0.25) is 5.91 Å². The van der Waals surface area contributed by atoms with Crippen LogP contribution >= 0.6 is 0 Å². The van der Waals surface area contributed by atoms with Gasteiger partial charge in [-0.1, -0.05) is 48.0 Å². The van der Waals surface area contributed by atoms with Gasteiger partial charge < -0.3 is 9.80 Å². The van der Waals surface area contributed by atoms with E-state index in [1.165, 1.54) is 16.8 Å². The molecular weight excluding hydrogens is 284 g/mol. The van der Waals surface area contributed by atoms with Gasteiger partial charge in [0.25, 0.3) is 0 Å². The second-order valence-corrected chi connectivity index (χ2v) is 6.19. The van der Waals surface area contributed by atoms with Crippen molar-refractivity contribution in [3.8, 4) is 0 Å². The molecule has 1 amide bonds. The van der Waals surface area contributed by atoms with Gasteiger partial charge in [-0.2, -0.15) is 0 Å². The Kier molecular flexibility index (Phi) is 4.96. The molecule has 0 aliphatic carbocycles. The molecule has 120 valence electrons. The highest BCUT2D eigenvalue weighted by atomic mass is 16.2. The van der Waals surface area contributed by atoms with Crippen molar-refractivity contribution in [2.75, 3.05) is 31.1 Å². The molecular formula is C20H24N2O. The van der Waals surface area contributed by atoms with Crippen LogP contribution in [-0.4, -0.2) is 37.0 Å². The van der Waals surface area contributed by atoms with Crippen molar-refractivity contribution in [3.63, 3.8) is 0 Å². The zero-order chi connectivity index (χ0) is 16.1. The minimum Gasteiger partial charge on any atom is -0.368 e. The monoisotopic (exact) mass is 308 g/mol. The van der Waals surface area contributed by atoms with E-state index in [-0.39, 0.29) is 5.91 Å². The average Bonchev–Trinajstić information content (AvgIpc) is 2.61. The van der Waals surface area contributed by atoms with Gasteiger partial charge in [0.1, 0.15) is 0 Å². The van der Waals surface area contributed by atoms with Crippen molar-refractivity contribution in [3.05, 3.63) is 65.7 Å². The first-order valence-electron chi connectivity index (χ1n) is 8.36. The SMILES string of the molecule is Cc1ccc(N2CCN(C(=O)CCc3ccccc3)CC2)cc1. The van der Waals surface area contributed by atoms with E-state index in [0.717, 1.165) is 32.6 Å². The molecule has 0 spiro atoms. The van der Waals surface area contributed by atoms with E-state index < -0.39 is 0 Å². The van der Waals surface area contributed by atoms with E-state index in [0.29, 0.717) is 6.42 Å². The lowest BCUT2D eigenvalue weighted by molar-refractivity contribution is -0.131. The fraction of sp³-hybridized carbons (Fsp3) is 0.350. The van der Waals surface area contributed by atoms with Gasteiger partial charge in [-0.15, -0.1) is 0 Å². The van der Waals surface area contributed by atoms with Crippen LogP contribution in [0.5, 0.6) is 0 Å². The second-order valence-electron chi connectivity index (χ2n) is 6.19. The number of rotatable bonds is 4. The predicted octanol–water partition coefficient (Wildman–Crippen LogP) is 3.28. The van der Waals surface area contributed by atoms with E-state index in [4.69, 9.17) is 0 Å². The summed E-state index contributed by atoms with van der Waals surface area (Å²) in [6.45, 7) is 5.58. The van der Waals surface area contributed by atoms with Gasteiger partial charge in [-0.3, -0.25) is 4.79 Å². The first kappa shape index (κ1) is 15.6.